The maximum atomic E-state index is 13.2. The van der Waals surface area contributed by atoms with Crippen molar-refractivity contribution in [3.05, 3.63) is 53.2 Å². The van der Waals surface area contributed by atoms with E-state index in [0.717, 1.165) is 25.0 Å². The molecule has 0 spiro atoms. The van der Waals surface area contributed by atoms with Crippen LogP contribution in [-0.4, -0.2) is 23.7 Å². The fourth-order valence-corrected chi connectivity index (χ4v) is 2.86. The van der Waals surface area contributed by atoms with Crippen molar-refractivity contribution in [1.29, 1.82) is 0 Å². The third kappa shape index (κ3) is 5.64. The lowest BCUT2D eigenvalue weighted by Gasteiger charge is -2.20. The van der Waals surface area contributed by atoms with Gasteiger partial charge in [-0.1, -0.05) is 13.0 Å². The lowest BCUT2D eigenvalue weighted by atomic mass is 9.91. The predicted octanol–water partition coefficient (Wildman–Crippen LogP) is 5.54. The van der Waals surface area contributed by atoms with Crippen LogP contribution in [0.4, 0.5) is 32.0 Å². The van der Waals surface area contributed by atoms with Gasteiger partial charge in [0.2, 0.25) is 11.8 Å². The highest BCUT2D eigenvalue weighted by molar-refractivity contribution is 5.94. The fourth-order valence-electron chi connectivity index (χ4n) is 2.86. The number of ether oxygens (including phenoxy) is 1. The number of benzene rings is 1. The van der Waals surface area contributed by atoms with Gasteiger partial charge in [-0.25, -0.2) is 4.98 Å². The number of rotatable bonds is 6. The van der Waals surface area contributed by atoms with Gasteiger partial charge in [-0.2, -0.15) is 26.3 Å². The van der Waals surface area contributed by atoms with Crippen molar-refractivity contribution < 1.29 is 35.9 Å². The lowest BCUT2D eigenvalue weighted by molar-refractivity contribution is -0.154. The van der Waals surface area contributed by atoms with Crippen LogP contribution in [0.5, 0.6) is 5.88 Å². The summed E-state index contributed by atoms with van der Waals surface area (Å²) >= 11 is 0. The number of hydrogen-bond donors (Lipinski definition) is 1. The topological polar surface area (TPSA) is 51.2 Å². The van der Waals surface area contributed by atoms with E-state index in [-0.39, 0.29) is 29.0 Å². The molecule has 162 valence electrons. The summed E-state index contributed by atoms with van der Waals surface area (Å²) in [5.41, 5.74) is 0.0665. The van der Waals surface area contributed by atoms with E-state index < -0.39 is 30.4 Å². The molecule has 1 heterocycles. The fraction of sp³-hybridized carbons (Fsp3) is 0.400. The molecular formula is C20H18F6N2O2. The number of pyridine rings is 1. The Morgan fingerprint density at radius 1 is 1.17 bits per heavy atom. The minimum absolute atomic E-state index is 0.137. The Bertz CT molecular complexity index is 905. The van der Waals surface area contributed by atoms with Gasteiger partial charge in [-0.15, -0.1) is 0 Å². The molecule has 10 heteroatoms. The van der Waals surface area contributed by atoms with E-state index in [1.54, 1.807) is 6.92 Å². The SMILES string of the molecule is C[C@@H](c1ccc(OCC(F)(F)F)nc1)c1cc(C(F)(F)F)ccc1NC(=O)C1CC1. The second-order valence-electron chi connectivity index (χ2n) is 7.12. The Morgan fingerprint density at radius 3 is 2.40 bits per heavy atom. The molecule has 1 saturated carbocycles. The van der Waals surface area contributed by atoms with Gasteiger partial charge in [0.05, 0.1) is 5.56 Å². The quantitative estimate of drug-likeness (QED) is 0.610. The van der Waals surface area contributed by atoms with Gasteiger partial charge in [0.15, 0.2) is 6.61 Å². The van der Waals surface area contributed by atoms with Gasteiger partial charge >= 0.3 is 12.4 Å². The molecule has 1 aliphatic rings. The molecule has 3 rings (SSSR count). The van der Waals surface area contributed by atoms with Crippen LogP contribution in [0.1, 0.15) is 42.4 Å². The molecular weight excluding hydrogens is 414 g/mol. The normalized spacial score (nSPS) is 15.6. The van der Waals surface area contributed by atoms with Crippen LogP contribution < -0.4 is 10.1 Å². The van der Waals surface area contributed by atoms with E-state index in [2.05, 4.69) is 15.0 Å². The van der Waals surface area contributed by atoms with Crippen LogP contribution in [-0.2, 0) is 11.0 Å². The third-order valence-electron chi connectivity index (χ3n) is 4.69. The second-order valence-corrected chi connectivity index (χ2v) is 7.12. The van der Waals surface area contributed by atoms with E-state index in [4.69, 9.17) is 0 Å². The van der Waals surface area contributed by atoms with Crippen LogP contribution in [0.3, 0.4) is 0 Å². The third-order valence-corrected chi connectivity index (χ3v) is 4.69. The molecule has 0 aliphatic heterocycles. The first-order valence-corrected chi connectivity index (χ1v) is 9.11. The zero-order chi connectivity index (χ0) is 22.1. The van der Waals surface area contributed by atoms with Gasteiger partial charge in [0.1, 0.15) is 0 Å². The number of anilines is 1. The smallest absolute Gasteiger partial charge is 0.422 e. The number of alkyl halides is 6. The van der Waals surface area contributed by atoms with Gasteiger partial charge in [-0.3, -0.25) is 4.79 Å². The molecule has 0 unspecified atom stereocenters. The molecule has 1 fully saturated rings. The van der Waals surface area contributed by atoms with Crippen LogP contribution >= 0.6 is 0 Å². The summed E-state index contributed by atoms with van der Waals surface area (Å²) in [6.45, 7) is 0.120. The zero-order valence-corrected chi connectivity index (χ0v) is 15.8. The van der Waals surface area contributed by atoms with Crippen LogP contribution in [0.15, 0.2) is 36.5 Å². The number of halogens is 6. The summed E-state index contributed by atoms with van der Waals surface area (Å²) in [4.78, 5) is 15.9. The van der Waals surface area contributed by atoms with Crippen molar-refractivity contribution in [2.45, 2.75) is 38.0 Å². The van der Waals surface area contributed by atoms with Crippen molar-refractivity contribution in [1.82, 2.24) is 4.98 Å². The Kier molecular flexibility index (Phi) is 5.96. The average molecular weight is 432 g/mol. The molecule has 1 aromatic heterocycles. The summed E-state index contributed by atoms with van der Waals surface area (Å²) in [5, 5.41) is 2.67. The maximum Gasteiger partial charge on any atom is 0.422 e. The minimum atomic E-state index is -4.57. The second kappa shape index (κ2) is 8.16. The summed E-state index contributed by atoms with van der Waals surface area (Å²) in [7, 11) is 0. The minimum Gasteiger partial charge on any atom is -0.468 e. The Balaban J connectivity index is 1.86. The number of nitrogens with one attached hydrogen (secondary N) is 1. The summed E-state index contributed by atoms with van der Waals surface area (Å²) in [5.74, 6) is -1.26. The van der Waals surface area contributed by atoms with Crippen molar-refractivity contribution in [2.75, 3.05) is 11.9 Å². The van der Waals surface area contributed by atoms with Gasteiger partial charge in [0.25, 0.3) is 0 Å². The van der Waals surface area contributed by atoms with Crippen LogP contribution in [0.2, 0.25) is 0 Å². The molecule has 0 bridgehead atoms. The van der Waals surface area contributed by atoms with Crippen molar-refractivity contribution >= 4 is 11.6 Å². The molecule has 0 saturated heterocycles. The Labute approximate surface area is 168 Å². The predicted molar refractivity (Wildman–Crippen MR) is 96.1 cm³/mol. The van der Waals surface area contributed by atoms with Gasteiger partial charge in [0, 0.05) is 29.8 Å². The number of nitrogens with zero attached hydrogens (tertiary/aromatic N) is 1. The van der Waals surface area contributed by atoms with Crippen LogP contribution in [0.25, 0.3) is 0 Å². The van der Waals surface area contributed by atoms with E-state index in [1.165, 1.54) is 24.4 Å². The van der Waals surface area contributed by atoms with E-state index in [0.29, 0.717) is 5.56 Å². The first kappa shape index (κ1) is 21.9. The Morgan fingerprint density at radius 2 is 1.87 bits per heavy atom. The number of aromatic nitrogens is 1. The Hall–Kier alpha value is -2.78. The van der Waals surface area contributed by atoms with Gasteiger partial charge in [-0.05, 0) is 42.2 Å². The molecule has 4 nitrogen and oxygen atoms in total. The van der Waals surface area contributed by atoms with E-state index in [1.807, 2.05) is 0 Å². The number of carbonyl (C=O) groups is 1. The van der Waals surface area contributed by atoms with Gasteiger partial charge < -0.3 is 10.1 Å². The van der Waals surface area contributed by atoms with Crippen LogP contribution in [0, 0.1) is 5.92 Å². The molecule has 1 aromatic carbocycles. The molecule has 1 N–H and O–H groups in total. The first-order valence-electron chi connectivity index (χ1n) is 9.11. The molecule has 1 amide bonds. The standard InChI is InChI=1S/C20H18F6N2O2/c1-11(13-4-7-17(27-9-13)30-10-19(21,22)23)15-8-14(20(24,25)26)5-6-16(15)28-18(29)12-2-3-12/h4-9,11-12H,2-3,10H2,1H3,(H,28,29)/t11-/m0/s1. The van der Waals surface area contributed by atoms with Crippen molar-refractivity contribution in [3.63, 3.8) is 0 Å². The highest BCUT2D eigenvalue weighted by atomic mass is 19.4. The summed E-state index contributed by atoms with van der Waals surface area (Å²) < 4.78 is 80.8. The molecule has 30 heavy (non-hydrogen) atoms. The molecule has 1 aliphatic carbocycles. The molecule has 1 atom stereocenters. The van der Waals surface area contributed by atoms with E-state index >= 15 is 0 Å². The lowest BCUT2D eigenvalue weighted by Crippen LogP contribution is -2.19. The number of hydrogen-bond acceptors (Lipinski definition) is 3. The van der Waals surface area contributed by atoms with E-state index in [9.17, 15) is 31.1 Å². The summed E-state index contributed by atoms with van der Waals surface area (Å²) in [6.07, 6.45) is -6.37. The highest BCUT2D eigenvalue weighted by Gasteiger charge is 2.33. The molecule has 2 aromatic rings. The first-order chi connectivity index (χ1) is 13.9. The number of carbonyl (C=O) groups excluding carboxylic acids is 1. The molecule has 0 radical (unpaired) electrons. The summed E-state index contributed by atoms with van der Waals surface area (Å²) in [6, 6.07) is 5.71. The zero-order valence-electron chi connectivity index (χ0n) is 15.8. The average Bonchev–Trinajstić information content (AvgIpc) is 3.50. The van der Waals surface area contributed by atoms with Crippen molar-refractivity contribution in [3.8, 4) is 5.88 Å². The number of amides is 1. The maximum absolute atomic E-state index is 13.2. The largest absolute Gasteiger partial charge is 0.468 e. The van der Waals surface area contributed by atoms with Crippen molar-refractivity contribution in [2.24, 2.45) is 5.92 Å². The monoisotopic (exact) mass is 432 g/mol. The highest BCUT2D eigenvalue weighted by Crippen LogP contribution is 2.38.